The molecule has 3 aromatic heterocycles. The number of hydrogen-bond donors (Lipinski definition) is 3. The molecule has 0 radical (unpaired) electrons. The van der Waals surface area contributed by atoms with E-state index in [1.807, 2.05) is 27.3 Å². The Morgan fingerprint density at radius 2 is 2.00 bits per heavy atom. The van der Waals surface area contributed by atoms with Gasteiger partial charge in [0, 0.05) is 22.0 Å². The SMILES string of the molecule is Cc1csc(-c2cc3nc(N)nc(N[N+](C)(C)C)c3c3cc[nH]c23)c1. The van der Waals surface area contributed by atoms with Gasteiger partial charge in [0.25, 0.3) is 0 Å². The van der Waals surface area contributed by atoms with Crippen molar-refractivity contribution < 1.29 is 4.59 Å². The second-order valence-electron chi connectivity index (χ2n) is 7.13. The molecule has 0 amide bonds. The van der Waals surface area contributed by atoms with E-state index in [-0.39, 0.29) is 5.95 Å². The van der Waals surface area contributed by atoms with Gasteiger partial charge in [-0.1, -0.05) is 0 Å². The van der Waals surface area contributed by atoms with E-state index in [1.165, 1.54) is 10.4 Å². The Labute approximate surface area is 149 Å². The summed E-state index contributed by atoms with van der Waals surface area (Å²) >= 11 is 1.73. The summed E-state index contributed by atoms with van der Waals surface area (Å²) in [5.74, 6) is 1.01. The average Bonchev–Trinajstić information content (AvgIpc) is 3.12. The number of fused-ring (bicyclic) bond motifs is 3. The summed E-state index contributed by atoms with van der Waals surface area (Å²) in [6.45, 7) is 2.11. The molecule has 1 aromatic carbocycles. The van der Waals surface area contributed by atoms with Crippen molar-refractivity contribution in [2.24, 2.45) is 0 Å². The average molecular weight is 353 g/mol. The molecule has 0 spiro atoms. The second-order valence-corrected chi connectivity index (χ2v) is 8.04. The summed E-state index contributed by atoms with van der Waals surface area (Å²) in [6, 6.07) is 6.36. The van der Waals surface area contributed by atoms with E-state index in [2.05, 4.69) is 50.9 Å². The van der Waals surface area contributed by atoms with Crippen molar-refractivity contribution in [2.45, 2.75) is 6.92 Å². The van der Waals surface area contributed by atoms with E-state index >= 15 is 0 Å². The number of aryl methyl sites for hydroxylation is 1. The van der Waals surface area contributed by atoms with Crippen LogP contribution in [-0.2, 0) is 0 Å². The number of anilines is 2. The minimum Gasteiger partial charge on any atom is -0.368 e. The van der Waals surface area contributed by atoms with E-state index in [0.717, 1.165) is 33.2 Å². The smallest absolute Gasteiger partial charge is 0.222 e. The van der Waals surface area contributed by atoms with E-state index < -0.39 is 0 Å². The van der Waals surface area contributed by atoms with Crippen molar-refractivity contribution in [3.05, 3.63) is 35.3 Å². The van der Waals surface area contributed by atoms with Crippen LogP contribution in [0.2, 0.25) is 0 Å². The number of aromatic nitrogens is 3. The van der Waals surface area contributed by atoms with Gasteiger partial charge >= 0.3 is 0 Å². The minimum atomic E-state index is 0.270. The van der Waals surface area contributed by atoms with Crippen molar-refractivity contribution in [3.63, 3.8) is 0 Å². The lowest BCUT2D eigenvalue weighted by atomic mass is 10.0. The van der Waals surface area contributed by atoms with Gasteiger partial charge in [-0.2, -0.15) is 4.98 Å². The molecule has 4 aromatic rings. The maximum Gasteiger partial charge on any atom is 0.222 e. The Kier molecular flexibility index (Phi) is 3.45. The van der Waals surface area contributed by atoms with Crippen LogP contribution in [0, 0.1) is 6.92 Å². The summed E-state index contributed by atoms with van der Waals surface area (Å²) in [6.07, 6.45) is 1.96. The first-order chi connectivity index (χ1) is 11.8. The first-order valence-electron chi connectivity index (χ1n) is 8.04. The molecule has 25 heavy (non-hydrogen) atoms. The molecule has 7 heteroatoms. The van der Waals surface area contributed by atoms with Gasteiger partial charge in [0.05, 0.1) is 37.6 Å². The fourth-order valence-electron chi connectivity index (χ4n) is 3.04. The van der Waals surface area contributed by atoms with E-state index in [9.17, 15) is 0 Å². The predicted octanol–water partition coefficient (Wildman–Crippen LogP) is 3.76. The Bertz CT molecular complexity index is 1090. The quantitative estimate of drug-likeness (QED) is 0.387. The number of nitrogen functional groups attached to an aromatic ring is 1. The van der Waals surface area contributed by atoms with Crippen LogP contribution in [0.3, 0.4) is 0 Å². The third-order valence-corrected chi connectivity index (χ3v) is 5.04. The standard InChI is InChI=1S/C18H21N6S/c1-10-7-14(25-9-10)12-8-13-15(11-5-6-20-16(11)12)17(22-18(19)21-13)23-24(2,3)4/h5-9,20H,1-4H3,(H3,19,21,22,23)/q+1. The van der Waals surface area contributed by atoms with Crippen molar-refractivity contribution >= 4 is 44.9 Å². The number of aromatic amines is 1. The molecule has 0 unspecified atom stereocenters. The molecule has 4 rings (SSSR count). The molecular formula is C18H21N6S+. The van der Waals surface area contributed by atoms with Crippen molar-refractivity contribution in [3.8, 4) is 10.4 Å². The van der Waals surface area contributed by atoms with Crippen LogP contribution in [0.5, 0.6) is 0 Å². The Morgan fingerprint density at radius 1 is 1.20 bits per heavy atom. The number of benzene rings is 1. The molecule has 0 aliphatic rings. The summed E-state index contributed by atoms with van der Waals surface area (Å²) in [5, 5.41) is 4.23. The molecule has 6 nitrogen and oxygen atoms in total. The van der Waals surface area contributed by atoms with Crippen LogP contribution in [0.15, 0.2) is 29.8 Å². The van der Waals surface area contributed by atoms with Crippen LogP contribution < -0.4 is 11.2 Å². The van der Waals surface area contributed by atoms with Crippen molar-refractivity contribution in [1.82, 2.24) is 15.0 Å². The molecule has 0 saturated carbocycles. The Morgan fingerprint density at radius 3 is 2.68 bits per heavy atom. The number of nitrogens with one attached hydrogen (secondary N) is 2. The molecule has 0 aliphatic heterocycles. The Balaban J connectivity index is 2.07. The number of quaternary nitrogens is 1. The zero-order valence-corrected chi connectivity index (χ0v) is 15.5. The van der Waals surface area contributed by atoms with Gasteiger partial charge in [0.2, 0.25) is 5.95 Å². The lowest BCUT2D eigenvalue weighted by Gasteiger charge is -2.25. The van der Waals surface area contributed by atoms with Crippen LogP contribution in [0.4, 0.5) is 11.8 Å². The van der Waals surface area contributed by atoms with Crippen LogP contribution in [-0.4, -0.2) is 40.7 Å². The third kappa shape index (κ3) is 2.81. The molecule has 0 atom stereocenters. The largest absolute Gasteiger partial charge is 0.368 e. The maximum atomic E-state index is 5.98. The highest BCUT2D eigenvalue weighted by Crippen LogP contribution is 2.38. The van der Waals surface area contributed by atoms with E-state index in [4.69, 9.17) is 5.73 Å². The van der Waals surface area contributed by atoms with Gasteiger partial charge < -0.3 is 10.7 Å². The number of hydrogen-bond acceptors (Lipinski definition) is 5. The van der Waals surface area contributed by atoms with E-state index in [1.54, 1.807) is 11.3 Å². The minimum absolute atomic E-state index is 0.270. The van der Waals surface area contributed by atoms with Gasteiger partial charge in [-0.25, -0.2) is 15.0 Å². The first-order valence-corrected chi connectivity index (χ1v) is 8.92. The van der Waals surface area contributed by atoms with Crippen LogP contribution >= 0.6 is 11.3 Å². The van der Waals surface area contributed by atoms with Gasteiger partial charge in [-0.05, 0) is 36.1 Å². The molecule has 128 valence electrons. The fourth-order valence-corrected chi connectivity index (χ4v) is 3.96. The third-order valence-electron chi connectivity index (χ3n) is 3.96. The number of thiophene rings is 1. The zero-order valence-electron chi connectivity index (χ0n) is 14.7. The van der Waals surface area contributed by atoms with Crippen LogP contribution in [0.25, 0.3) is 32.2 Å². The highest BCUT2D eigenvalue weighted by atomic mass is 32.1. The monoisotopic (exact) mass is 353 g/mol. The maximum absolute atomic E-state index is 5.98. The first kappa shape index (κ1) is 15.9. The number of H-pyrrole nitrogens is 1. The fraction of sp³-hybridized carbons (Fsp3) is 0.222. The number of nitrogens with two attached hydrogens (primary N) is 1. The highest BCUT2D eigenvalue weighted by molar-refractivity contribution is 7.13. The highest BCUT2D eigenvalue weighted by Gasteiger charge is 2.19. The van der Waals surface area contributed by atoms with Crippen LogP contribution in [0.1, 0.15) is 5.56 Å². The molecular weight excluding hydrogens is 332 g/mol. The lowest BCUT2D eigenvalue weighted by Crippen LogP contribution is -2.41. The summed E-state index contributed by atoms with van der Waals surface area (Å²) < 4.78 is 0.531. The summed E-state index contributed by atoms with van der Waals surface area (Å²) in [7, 11) is 6.13. The van der Waals surface area contributed by atoms with Gasteiger partial charge in [-0.3, -0.25) is 0 Å². The predicted molar refractivity (Wildman–Crippen MR) is 106 cm³/mol. The lowest BCUT2D eigenvalue weighted by molar-refractivity contribution is -0.848. The van der Waals surface area contributed by atoms with Crippen molar-refractivity contribution in [1.29, 1.82) is 0 Å². The van der Waals surface area contributed by atoms with E-state index in [0.29, 0.717) is 4.59 Å². The summed E-state index contributed by atoms with van der Waals surface area (Å²) in [5.41, 5.74) is 13.7. The topological polar surface area (TPSA) is 79.6 Å². The number of nitrogens with zero attached hydrogens (tertiary/aromatic N) is 3. The normalized spacial score (nSPS) is 12.2. The van der Waals surface area contributed by atoms with Gasteiger partial charge in [0.15, 0.2) is 5.82 Å². The Hall–Kier alpha value is -2.64. The molecule has 3 heterocycles. The molecule has 0 bridgehead atoms. The van der Waals surface area contributed by atoms with Gasteiger partial charge in [0.1, 0.15) is 0 Å². The summed E-state index contributed by atoms with van der Waals surface area (Å²) in [4.78, 5) is 13.5. The van der Waals surface area contributed by atoms with Crippen molar-refractivity contribution in [2.75, 3.05) is 32.3 Å². The number of rotatable bonds is 3. The second kappa shape index (κ2) is 5.44. The van der Waals surface area contributed by atoms with Gasteiger partial charge in [-0.15, -0.1) is 11.3 Å². The molecule has 0 aliphatic carbocycles. The molecule has 0 saturated heterocycles. The molecule has 4 N–H and O–H groups in total. The molecule has 0 fully saturated rings. The zero-order chi connectivity index (χ0) is 17.8.